The lowest BCUT2D eigenvalue weighted by Crippen LogP contribution is -2.06. The van der Waals surface area contributed by atoms with Crippen LogP contribution in [0.4, 0.5) is 0 Å². The van der Waals surface area contributed by atoms with Crippen molar-refractivity contribution in [1.82, 2.24) is 4.31 Å². The zero-order valence-corrected chi connectivity index (χ0v) is 10.8. The normalized spacial score (nSPS) is 11.3. The summed E-state index contributed by atoms with van der Waals surface area (Å²) in [7, 11) is 2.00. The van der Waals surface area contributed by atoms with Gasteiger partial charge in [-0.15, -0.1) is 0 Å². The van der Waals surface area contributed by atoms with Crippen LogP contribution in [0.15, 0.2) is 12.2 Å². The van der Waals surface area contributed by atoms with Crippen LogP contribution in [0.1, 0.15) is 46.0 Å². The molecule has 2 heteroatoms. The van der Waals surface area contributed by atoms with Crippen LogP contribution >= 0.6 is 12.8 Å². The SMILES string of the molecule is C=C(CCCCCCN(C)S)C(C)C. The maximum absolute atomic E-state index is 4.20. The summed E-state index contributed by atoms with van der Waals surface area (Å²) in [5.74, 6) is 0.651. The molecular weight excluding hydrogens is 190 g/mol. The Hall–Kier alpha value is 0.0500. The van der Waals surface area contributed by atoms with Crippen LogP contribution in [-0.2, 0) is 0 Å². The molecule has 0 rings (SSSR count). The second-order valence-electron chi connectivity index (χ2n) is 4.36. The fourth-order valence-corrected chi connectivity index (χ4v) is 1.48. The van der Waals surface area contributed by atoms with Crippen molar-refractivity contribution < 1.29 is 0 Å². The number of hydrogen-bond acceptors (Lipinski definition) is 2. The third kappa shape index (κ3) is 8.64. The summed E-state index contributed by atoms with van der Waals surface area (Å²) in [4.78, 5) is 0. The van der Waals surface area contributed by atoms with Gasteiger partial charge in [0.25, 0.3) is 0 Å². The van der Waals surface area contributed by atoms with E-state index in [1.807, 2.05) is 11.4 Å². The fourth-order valence-electron chi connectivity index (χ4n) is 1.33. The number of unbranched alkanes of at least 4 members (excludes halogenated alkanes) is 3. The molecular formula is C12H25NS. The van der Waals surface area contributed by atoms with Crippen LogP contribution in [0, 0.1) is 5.92 Å². The van der Waals surface area contributed by atoms with E-state index in [1.165, 1.54) is 37.7 Å². The molecule has 1 nitrogen and oxygen atoms in total. The Kier molecular flexibility index (Phi) is 8.40. The molecule has 0 saturated heterocycles. The van der Waals surface area contributed by atoms with Gasteiger partial charge in [-0.1, -0.05) is 51.7 Å². The van der Waals surface area contributed by atoms with Crippen molar-refractivity contribution in [3.8, 4) is 0 Å². The van der Waals surface area contributed by atoms with E-state index in [1.54, 1.807) is 0 Å². The highest BCUT2D eigenvalue weighted by atomic mass is 32.1. The minimum Gasteiger partial charge on any atom is -0.256 e. The second-order valence-corrected chi connectivity index (χ2v) is 5.04. The van der Waals surface area contributed by atoms with Gasteiger partial charge in [0.05, 0.1) is 0 Å². The third-order valence-electron chi connectivity index (χ3n) is 2.55. The maximum Gasteiger partial charge on any atom is 0.00838 e. The Morgan fingerprint density at radius 1 is 1.21 bits per heavy atom. The van der Waals surface area contributed by atoms with Gasteiger partial charge in [-0.3, -0.25) is 4.31 Å². The summed E-state index contributed by atoms with van der Waals surface area (Å²) in [5, 5.41) is 0. The van der Waals surface area contributed by atoms with Gasteiger partial charge in [-0.05, 0) is 32.2 Å². The molecule has 0 amide bonds. The molecule has 0 heterocycles. The summed E-state index contributed by atoms with van der Waals surface area (Å²) in [6, 6.07) is 0. The summed E-state index contributed by atoms with van der Waals surface area (Å²) in [5.41, 5.74) is 1.40. The van der Waals surface area contributed by atoms with Gasteiger partial charge in [0.15, 0.2) is 0 Å². The van der Waals surface area contributed by atoms with Crippen molar-refractivity contribution in [2.45, 2.75) is 46.0 Å². The number of nitrogens with zero attached hydrogens (tertiary/aromatic N) is 1. The van der Waals surface area contributed by atoms with E-state index < -0.39 is 0 Å². The van der Waals surface area contributed by atoms with Crippen LogP contribution in [0.2, 0.25) is 0 Å². The molecule has 0 aliphatic carbocycles. The highest BCUT2D eigenvalue weighted by Crippen LogP contribution is 2.15. The van der Waals surface area contributed by atoms with Crippen molar-refractivity contribution in [2.75, 3.05) is 13.6 Å². The van der Waals surface area contributed by atoms with E-state index >= 15 is 0 Å². The van der Waals surface area contributed by atoms with E-state index in [4.69, 9.17) is 0 Å². The van der Waals surface area contributed by atoms with Gasteiger partial charge >= 0.3 is 0 Å². The van der Waals surface area contributed by atoms with Crippen molar-refractivity contribution in [3.63, 3.8) is 0 Å². The Morgan fingerprint density at radius 2 is 1.79 bits per heavy atom. The molecule has 0 spiro atoms. The predicted molar refractivity (Wildman–Crippen MR) is 68.7 cm³/mol. The van der Waals surface area contributed by atoms with Gasteiger partial charge in [0.1, 0.15) is 0 Å². The molecule has 0 aromatic heterocycles. The molecule has 0 aliphatic heterocycles. The van der Waals surface area contributed by atoms with Crippen LogP contribution < -0.4 is 0 Å². The first-order valence-electron chi connectivity index (χ1n) is 5.61. The third-order valence-corrected chi connectivity index (χ3v) is 2.75. The van der Waals surface area contributed by atoms with Gasteiger partial charge in [0.2, 0.25) is 0 Å². The predicted octanol–water partition coefficient (Wildman–Crippen LogP) is 3.93. The van der Waals surface area contributed by atoms with Gasteiger partial charge in [-0.25, -0.2) is 0 Å². The molecule has 0 bridgehead atoms. The lowest BCUT2D eigenvalue weighted by atomic mass is 9.99. The summed E-state index contributed by atoms with van der Waals surface area (Å²) < 4.78 is 1.95. The van der Waals surface area contributed by atoms with E-state index in [2.05, 4.69) is 33.2 Å². The molecule has 14 heavy (non-hydrogen) atoms. The van der Waals surface area contributed by atoms with Gasteiger partial charge in [-0.2, -0.15) is 0 Å². The highest BCUT2D eigenvalue weighted by Gasteiger charge is 1.99. The molecule has 0 saturated carbocycles. The monoisotopic (exact) mass is 215 g/mol. The molecule has 0 atom stereocenters. The van der Waals surface area contributed by atoms with Crippen molar-refractivity contribution in [1.29, 1.82) is 0 Å². The van der Waals surface area contributed by atoms with E-state index in [-0.39, 0.29) is 0 Å². The molecule has 0 radical (unpaired) electrons. The minimum atomic E-state index is 0.651. The number of rotatable bonds is 8. The largest absolute Gasteiger partial charge is 0.256 e. The van der Waals surface area contributed by atoms with E-state index in [0.29, 0.717) is 5.92 Å². The number of hydrogen-bond donors (Lipinski definition) is 1. The first kappa shape index (κ1) is 14.1. The zero-order valence-electron chi connectivity index (χ0n) is 9.92. The molecule has 0 fully saturated rings. The van der Waals surface area contributed by atoms with Crippen molar-refractivity contribution in [2.24, 2.45) is 5.92 Å². The molecule has 0 aromatic carbocycles. The average Bonchev–Trinajstić information content (AvgIpc) is 2.09. The highest BCUT2D eigenvalue weighted by molar-refractivity contribution is 7.77. The molecule has 84 valence electrons. The summed E-state index contributed by atoms with van der Waals surface area (Å²) in [6.45, 7) is 9.61. The van der Waals surface area contributed by atoms with Gasteiger partial charge in [0, 0.05) is 6.54 Å². The number of allylic oxidation sites excluding steroid dienone is 1. The van der Waals surface area contributed by atoms with Crippen molar-refractivity contribution >= 4 is 12.8 Å². The smallest absolute Gasteiger partial charge is 0.00838 e. The van der Waals surface area contributed by atoms with Crippen LogP contribution in [0.25, 0.3) is 0 Å². The quantitative estimate of drug-likeness (QED) is 0.365. The summed E-state index contributed by atoms with van der Waals surface area (Å²) in [6.07, 6.45) is 6.40. The topological polar surface area (TPSA) is 3.24 Å². The summed E-state index contributed by atoms with van der Waals surface area (Å²) >= 11 is 4.20. The Balaban J connectivity index is 3.18. The lowest BCUT2D eigenvalue weighted by Gasteiger charge is -2.10. The standard InChI is InChI=1S/C12H25NS/c1-11(2)12(3)9-7-5-6-8-10-13(4)14/h11,14H,3,5-10H2,1-2,4H3. The van der Waals surface area contributed by atoms with Crippen LogP contribution in [0.3, 0.4) is 0 Å². The zero-order chi connectivity index (χ0) is 11.0. The first-order chi connectivity index (χ1) is 6.54. The molecule has 0 aromatic rings. The van der Waals surface area contributed by atoms with Gasteiger partial charge < -0.3 is 0 Å². The number of thiol groups is 1. The second kappa shape index (κ2) is 8.37. The minimum absolute atomic E-state index is 0.651. The Labute approximate surface area is 95.1 Å². The Morgan fingerprint density at radius 3 is 2.29 bits per heavy atom. The molecule has 0 aliphatic rings. The fraction of sp³-hybridized carbons (Fsp3) is 0.833. The first-order valence-corrected chi connectivity index (χ1v) is 6.01. The Bertz CT molecular complexity index is 152. The van der Waals surface area contributed by atoms with Crippen LogP contribution in [0.5, 0.6) is 0 Å². The molecule has 0 N–H and O–H groups in total. The van der Waals surface area contributed by atoms with E-state index in [0.717, 1.165) is 6.54 Å². The van der Waals surface area contributed by atoms with Crippen LogP contribution in [-0.4, -0.2) is 17.9 Å². The lowest BCUT2D eigenvalue weighted by molar-refractivity contribution is 0.514. The molecule has 0 unspecified atom stereocenters. The average molecular weight is 215 g/mol. The van der Waals surface area contributed by atoms with Crippen molar-refractivity contribution in [3.05, 3.63) is 12.2 Å². The van der Waals surface area contributed by atoms with E-state index in [9.17, 15) is 0 Å². The maximum atomic E-state index is 4.20.